The normalized spacial score (nSPS) is 10.8. The van der Waals surface area contributed by atoms with Gasteiger partial charge < -0.3 is 0 Å². The van der Waals surface area contributed by atoms with Gasteiger partial charge in [0.25, 0.3) is 0 Å². The summed E-state index contributed by atoms with van der Waals surface area (Å²) in [5.41, 5.74) is 2.07. The lowest BCUT2D eigenvalue weighted by Gasteiger charge is -2.06. The Kier molecular flexibility index (Phi) is 4.77. The molecule has 0 saturated carbocycles. The SMILES string of the molecule is [O]Cc1nc(Cc2c(Br)cc(Br)cc2Br)cs1. The van der Waals surface area contributed by atoms with Gasteiger partial charge in [-0.2, -0.15) is 0 Å². The molecule has 2 aromatic rings. The summed E-state index contributed by atoms with van der Waals surface area (Å²) in [5.74, 6) is 0. The van der Waals surface area contributed by atoms with Crippen LogP contribution < -0.4 is 0 Å². The van der Waals surface area contributed by atoms with Crippen molar-refractivity contribution in [2.24, 2.45) is 0 Å². The molecule has 0 atom stereocenters. The van der Waals surface area contributed by atoms with E-state index in [4.69, 9.17) is 0 Å². The van der Waals surface area contributed by atoms with Gasteiger partial charge in [0.1, 0.15) is 11.6 Å². The first-order chi connectivity index (χ1) is 8.10. The summed E-state index contributed by atoms with van der Waals surface area (Å²) in [6.45, 7) is -0.243. The van der Waals surface area contributed by atoms with Crippen LogP contribution in [0, 0.1) is 0 Å². The lowest BCUT2D eigenvalue weighted by Crippen LogP contribution is -1.93. The molecule has 0 fully saturated rings. The van der Waals surface area contributed by atoms with Crippen molar-refractivity contribution in [1.29, 1.82) is 0 Å². The molecule has 1 aromatic carbocycles. The summed E-state index contributed by atoms with van der Waals surface area (Å²) >= 11 is 11.9. The number of hydrogen-bond acceptors (Lipinski definition) is 2. The molecule has 1 aromatic heterocycles. The monoisotopic (exact) mass is 438 g/mol. The van der Waals surface area contributed by atoms with Gasteiger partial charge in [-0.25, -0.2) is 10.1 Å². The van der Waals surface area contributed by atoms with Crippen LogP contribution >= 0.6 is 59.1 Å². The molecule has 1 heterocycles. The predicted molar refractivity (Wildman–Crippen MR) is 78.9 cm³/mol. The Morgan fingerprint density at radius 2 is 1.82 bits per heavy atom. The molecule has 17 heavy (non-hydrogen) atoms. The van der Waals surface area contributed by atoms with Crippen LogP contribution in [0.25, 0.3) is 0 Å². The minimum atomic E-state index is -0.243. The molecular formula is C11H7Br3NOS. The zero-order valence-electron chi connectivity index (χ0n) is 8.54. The molecule has 0 spiro atoms. The third-order valence-corrected chi connectivity index (χ3v) is 4.93. The Balaban J connectivity index is 2.29. The van der Waals surface area contributed by atoms with Crippen LogP contribution in [0.4, 0.5) is 0 Å². The van der Waals surface area contributed by atoms with Crippen molar-refractivity contribution in [3.05, 3.63) is 47.2 Å². The molecule has 0 bridgehead atoms. The molecule has 0 aliphatic heterocycles. The quantitative estimate of drug-likeness (QED) is 0.664. The fraction of sp³-hybridized carbons (Fsp3) is 0.182. The highest BCUT2D eigenvalue weighted by Gasteiger charge is 2.10. The molecular weight excluding hydrogens is 434 g/mol. The molecule has 1 radical (unpaired) electrons. The van der Waals surface area contributed by atoms with Crippen molar-refractivity contribution in [3.63, 3.8) is 0 Å². The maximum Gasteiger partial charge on any atom is 0.134 e. The summed E-state index contributed by atoms with van der Waals surface area (Å²) in [6, 6.07) is 4.00. The first kappa shape index (κ1) is 13.7. The highest BCUT2D eigenvalue weighted by Crippen LogP contribution is 2.31. The van der Waals surface area contributed by atoms with E-state index in [1.807, 2.05) is 17.5 Å². The van der Waals surface area contributed by atoms with Crippen molar-refractivity contribution in [3.8, 4) is 0 Å². The van der Waals surface area contributed by atoms with Crippen LogP contribution in [0.5, 0.6) is 0 Å². The third kappa shape index (κ3) is 3.38. The second kappa shape index (κ2) is 5.93. The number of nitrogens with zero attached hydrogens (tertiary/aromatic N) is 1. The molecule has 2 rings (SSSR count). The van der Waals surface area contributed by atoms with Crippen LogP contribution in [0.2, 0.25) is 0 Å². The minimum Gasteiger partial charge on any atom is -0.243 e. The summed E-state index contributed by atoms with van der Waals surface area (Å²) in [6.07, 6.45) is 0.713. The molecule has 0 saturated heterocycles. The van der Waals surface area contributed by atoms with Gasteiger partial charge in [-0.1, -0.05) is 47.8 Å². The van der Waals surface area contributed by atoms with Gasteiger partial charge in [0.2, 0.25) is 0 Å². The fourth-order valence-corrected chi connectivity index (χ4v) is 4.60. The predicted octanol–water partition coefficient (Wildman–Crippen LogP) is 4.95. The standard InChI is InChI=1S/C11H7Br3NOS/c12-6-1-9(13)8(10(14)2-6)3-7-5-17-11(4-16)15-7/h1-2,5H,3-4H2. The van der Waals surface area contributed by atoms with E-state index in [0.29, 0.717) is 11.4 Å². The molecule has 89 valence electrons. The number of hydrogen-bond donors (Lipinski definition) is 0. The van der Waals surface area contributed by atoms with E-state index in [1.54, 1.807) is 0 Å². The van der Waals surface area contributed by atoms with Gasteiger partial charge in [-0.15, -0.1) is 11.3 Å². The molecule has 2 nitrogen and oxygen atoms in total. The Morgan fingerprint density at radius 1 is 1.18 bits per heavy atom. The molecule has 6 heteroatoms. The Labute approximate surface area is 128 Å². The van der Waals surface area contributed by atoms with E-state index in [-0.39, 0.29) is 6.61 Å². The highest BCUT2D eigenvalue weighted by molar-refractivity contribution is 9.11. The van der Waals surface area contributed by atoms with Crippen molar-refractivity contribution < 1.29 is 5.11 Å². The van der Waals surface area contributed by atoms with Gasteiger partial charge in [-0.05, 0) is 17.7 Å². The maximum absolute atomic E-state index is 10.7. The molecule has 0 aliphatic carbocycles. The largest absolute Gasteiger partial charge is 0.243 e. The van der Waals surface area contributed by atoms with Crippen LogP contribution in [-0.4, -0.2) is 4.98 Å². The Morgan fingerprint density at radius 3 is 2.35 bits per heavy atom. The average molecular weight is 441 g/mol. The molecule has 0 unspecified atom stereocenters. The van der Waals surface area contributed by atoms with Crippen LogP contribution in [0.3, 0.4) is 0 Å². The third-order valence-electron chi connectivity index (χ3n) is 2.19. The summed E-state index contributed by atoms with van der Waals surface area (Å²) in [7, 11) is 0. The summed E-state index contributed by atoms with van der Waals surface area (Å²) < 4.78 is 3.06. The lowest BCUT2D eigenvalue weighted by molar-refractivity contribution is 0.177. The van der Waals surface area contributed by atoms with Gasteiger partial charge in [0.15, 0.2) is 0 Å². The van der Waals surface area contributed by atoms with Gasteiger partial charge in [-0.3, -0.25) is 0 Å². The van der Waals surface area contributed by atoms with E-state index in [9.17, 15) is 5.11 Å². The van der Waals surface area contributed by atoms with Crippen molar-refractivity contribution in [2.45, 2.75) is 13.0 Å². The Bertz CT molecular complexity index is 518. The molecule has 0 N–H and O–H groups in total. The fourth-order valence-electron chi connectivity index (χ4n) is 1.42. The first-order valence-corrected chi connectivity index (χ1v) is 8.01. The number of thiazole rings is 1. The number of benzene rings is 1. The van der Waals surface area contributed by atoms with Gasteiger partial charge >= 0.3 is 0 Å². The molecule has 0 amide bonds. The van der Waals surface area contributed by atoms with Crippen molar-refractivity contribution in [2.75, 3.05) is 0 Å². The number of rotatable bonds is 3. The summed E-state index contributed by atoms with van der Waals surface area (Å²) in [4.78, 5) is 4.28. The minimum absolute atomic E-state index is 0.243. The maximum atomic E-state index is 10.7. The molecule has 0 aliphatic rings. The van der Waals surface area contributed by atoms with E-state index in [2.05, 4.69) is 52.8 Å². The van der Waals surface area contributed by atoms with E-state index in [0.717, 1.165) is 24.7 Å². The van der Waals surface area contributed by atoms with E-state index in [1.165, 1.54) is 11.3 Å². The lowest BCUT2D eigenvalue weighted by atomic mass is 10.1. The number of halogens is 3. The second-order valence-corrected chi connectivity index (χ2v) is 6.97. The van der Waals surface area contributed by atoms with E-state index < -0.39 is 0 Å². The van der Waals surface area contributed by atoms with Crippen LogP contribution in [-0.2, 0) is 18.1 Å². The summed E-state index contributed by atoms with van der Waals surface area (Å²) in [5, 5.41) is 13.3. The van der Waals surface area contributed by atoms with Crippen LogP contribution in [0.15, 0.2) is 30.9 Å². The van der Waals surface area contributed by atoms with Crippen LogP contribution in [0.1, 0.15) is 16.3 Å². The topological polar surface area (TPSA) is 32.8 Å². The zero-order valence-corrected chi connectivity index (χ0v) is 14.1. The first-order valence-electron chi connectivity index (χ1n) is 4.75. The zero-order chi connectivity index (χ0) is 12.4. The smallest absolute Gasteiger partial charge is 0.134 e. The Hall–Kier alpha value is 0.250. The van der Waals surface area contributed by atoms with Crippen molar-refractivity contribution in [1.82, 2.24) is 4.98 Å². The average Bonchev–Trinajstić information content (AvgIpc) is 2.71. The van der Waals surface area contributed by atoms with E-state index >= 15 is 0 Å². The number of aromatic nitrogens is 1. The van der Waals surface area contributed by atoms with Gasteiger partial charge in [0.05, 0.1) is 5.69 Å². The van der Waals surface area contributed by atoms with Crippen molar-refractivity contribution >= 4 is 59.1 Å². The highest BCUT2D eigenvalue weighted by atomic mass is 79.9. The second-order valence-electron chi connectivity index (χ2n) is 3.40. The van der Waals surface area contributed by atoms with Gasteiger partial charge in [0, 0.05) is 25.2 Å².